The maximum Gasteiger partial charge on any atom is 0.342 e. The van der Waals surface area contributed by atoms with Crippen molar-refractivity contribution in [1.29, 1.82) is 0 Å². The molecule has 10 nitrogen and oxygen atoms in total. The Morgan fingerprint density at radius 2 is 1.86 bits per heavy atom. The number of para-hydroxylation sites is 1. The van der Waals surface area contributed by atoms with Crippen molar-refractivity contribution in [3.8, 4) is 0 Å². The largest absolute Gasteiger partial charge is 0.462 e. The van der Waals surface area contributed by atoms with Crippen molar-refractivity contribution in [3.05, 3.63) is 59.3 Å². The molecule has 196 valence electrons. The fourth-order valence-corrected chi connectivity index (χ4v) is 6.44. The van der Waals surface area contributed by atoms with E-state index >= 15 is 0 Å². The molecule has 1 saturated heterocycles. The summed E-state index contributed by atoms with van der Waals surface area (Å²) in [5, 5.41) is 0.735. The van der Waals surface area contributed by atoms with E-state index in [9.17, 15) is 18.0 Å². The molecule has 4 rings (SSSR count). The first-order valence-corrected chi connectivity index (χ1v) is 13.8. The Bertz CT molecular complexity index is 1440. The Hall–Kier alpha value is -3.44. The van der Waals surface area contributed by atoms with Gasteiger partial charge in [-0.3, -0.25) is 9.78 Å². The van der Waals surface area contributed by atoms with Crippen molar-refractivity contribution in [1.82, 2.24) is 24.2 Å². The Labute approximate surface area is 216 Å². The van der Waals surface area contributed by atoms with E-state index in [0.29, 0.717) is 23.5 Å². The van der Waals surface area contributed by atoms with Crippen LogP contribution in [-0.2, 0) is 21.2 Å². The molecule has 1 aliphatic heterocycles. The van der Waals surface area contributed by atoms with Gasteiger partial charge in [-0.05, 0) is 39.3 Å². The number of sulfonamides is 1. The predicted molar refractivity (Wildman–Crippen MR) is 138 cm³/mol. The number of ether oxygens (including phenoxy) is 1. The van der Waals surface area contributed by atoms with E-state index < -0.39 is 27.9 Å². The molecule has 1 fully saturated rings. The molecule has 1 aliphatic rings. The van der Waals surface area contributed by atoms with Crippen molar-refractivity contribution < 1.29 is 22.7 Å². The molecule has 3 heterocycles. The molecule has 0 spiro atoms. The van der Waals surface area contributed by atoms with Crippen LogP contribution in [0.3, 0.4) is 0 Å². The first-order valence-electron chi connectivity index (χ1n) is 12.4. The van der Waals surface area contributed by atoms with Crippen molar-refractivity contribution >= 4 is 32.8 Å². The average molecular weight is 526 g/mol. The molecule has 0 radical (unpaired) electrons. The smallest absolute Gasteiger partial charge is 0.342 e. The summed E-state index contributed by atoms with van der Waals surface area (Å²) in [5.41, 5.74) is 0.976. The van der Waals surface area contributed by atoms with Crippen LogP contribution in [0.1, 0.15) is 59.6 Å². The number of carbonyl (C=O) groups excluding carboxylic acids is 2. The zero-order valence-corrected chi connectivity index (χ0v) is 22.3. The number of fused-ring (bicyclic) bond motifs is 1. The number of aromatic nitrogens is 3. The van der Waals surface area contributed by atoms with Crippen LogP contribution in [0.15, 0.2) is 41.4 Å². The minimum atomic E-state index is -3.87. The highest BCUT2D eigenvalue weighted by Gasteiger charge is 2.38. The van der Waals surface area contributed by atoms with Gasteiger partial charge in [-0.15, -0.1) is 0 Å². The maximum absolute atomic E-state index is 13.6. The third-order valence-corrected chi connectivity index (χ3v) is 8.35. The first kappa shape index (κ1) is 26.6. The van der Waals surface area contributed by atoms with Gasteiger partial charge in [-0.25, -0.2) is 23.2 Å². The number of rotatable bonds is 7. The normalized spacial score (nSPS) is 16.6. The van der Waals surface area contributed by atoms with Crippen LogP contribution in [0, 0.1) is 6.92 Å². The standard InChI is InChI=1S/C26H31N5O5S/c1-5-9-20-22(26(33)36-6-2)24(29-18(4)28-20)25(32)30-14-15-31(17(3)16-30)37(34,35)21-12-7-10-19-11-8-13-27-23(19)21/h7-8,10-13,17H,5-6,9,14-16H2,1-4H3. The van der Waals surface area contributed by atoms with E-state index in [2.05, 4.69) is 15.0 Å². The second kappa shape index (κ2) is 10.9. The summed E-state index contributed by atoms with van der Waals surface area (Å²) < 4.78 is 33.9. The highest BCUT2D eigenvalue weighted by molar-refractivity contribution is 7.89. The number of amides is 1. The molecular formula is C26H31N5O5S. The summed E-state index contributed by atoms with van der Waals surface area (Å²) in [7, 11) is -3.87. The van der Waals surface area contributed by atoms with Gasteiger partial charge in [0.25, 0.3) is 5.91 Å². The minimum absolute atomic E-state index is 0.00356. The Kier molecular flexibility index (Phi) is 7.84. The van der Waals surface area contributed by atoms with Gasteiger partial charge in [-0.1, -0.05) is 31.5 Å². The van der Waals surface area contributed by atoms with Crippen LogP contribution in [0.4, 0.5) is 0 Å². The number of esters is 1. The van der Waals surface area contributed by atoms with E-state index in [4.69, 9.17) is 4.74 Å². The average Bonchev–Trinajstić information content (AvgIpc) is 2.87. The maximum atomic E-state index is 13.6. The summed E-state index contributed by atoms with van der Waals surface area (Å²) >= 11 is 0. The Balaban J connectivity index is 1.63. The van der Waals surface area contributed by atoms with Crippen molar-refractivity contribution in [3.63, 3.8) is 0 Å². The lowest BCUT2D eigenvalue weighted by Crippen LogP contribution is -2.55. The van der Waals surface area contributed by atoms with Crippen LogP contribution in [0.2, 0.25) is 0 Å². The highest BCUT2D eigenvalue weighted by Crippen LogP contribution is 2.27. The molecule has 37 heavy (non-hydrogen) atoms. The van der Waals surface area contributed by atoms with E-state index in [-0.39, 0.29) is 42.4 Å². The van der Waals surface area contributed by atoms with Gasteiger partial charge >= 0.3 is 5.97 Å². The van der Waals surface area contributed by atoms with Gasteiger partial charge < -0.3 is 9.64 Å². The molecule has 1 aromatic carbocycles. The number of piperazine rings is 1. The van der Waals surface area contributed by atoms with E-state index in [1.54, 1.807) is 45.2 Å². The first-order chi connectivity index (χ1) is 17.7. The van der Waals surface area contributed by atoms with Gasteiger partial charge in [0.2, 0.25) is 10.0 Å². The number of hydrogen-bond acceptors (Lipinski definition) is 8. The minimum Gasteiger partial charge on any atom is -0.462 e. The van der Waals surface area contributed by atoms with E-state index in [1.807, 2.05) is 19.1 Å². The van der Waals surface area contributed by atoms with E-state index in [0.717, 1.165) is 11.8 Å². The number of hydrogen-bond donors (Lipinski definition) is 0. The Morgan fingerprint density at radius 1 is 1.11 bits per heavy atom. The molecule has 11 heteroatoms. The van der Waals surface area contributed by atoms with Crippen molar-refractivity contribution in [2.75, 3.05) is 26.2 Å². The predicted octanol–water partition coefficient (Wildman–Crippen LogP) is 3.00. The van der Waals surface area contributed by atoms with E-state index in [1.165, 1.54) is 9.21 Å². The summed E-state index contributed by atoms with van der Waals surface area (Å²) in [6, 6.07) is 8.14. The molecule has 2 aromatic heterocycles. The second-order valence-electron chi connectivity index (χ2n) is 8.96. The van der Waals surface area contributed by atoms with Gasteiger partial charge in [0.05, 0.1) is 17.8 Å². The quantitative estimate of drug-likeness (QED) is 0.432. The van der Waals surface area contributed by atoms with Crippen LogP contribution in [0.5, 0.6) is 0 Å². The van der Waals surface area contributed by atoms with Gasteiger partial charge in [0, 0.05) is 37.3 Å². The summed E-state index contributed by atoms with van der Waals surface area (Å²) in [6.07, 6.45) is 2.80. The lowest BCUT2D eigenvalue weighted by molar-refractivity contribution is 0.0508. The topological polar surface area (TPSA) is 123 Å². The SMILES string of the molecule is CCCc1nc(C)nc(C(=O)N2CCN(S(=O)(=O)c3cccc4cccnc34)C(C)C2)c1C(=O)OCC. The lowest BCUT2D eigenvalue weighted by atomic mass is 10.1. The molecule has 3 aromatic rings. The zero-order chi connectivity index (χ0) is 26.7. The fraction of sp³-hybridized carbons (Fsp3) is 0.423. The van der Waals surface area contributed by atoms with Crippen LogP contribution in [0.25, 0.3) is 10.9 Å². The van der Waals surface area contributed by atoms with Gasteiger partial charge in [0.1, 0.15) is 22.0 Å². The van der Waals surface area contributed by atoms with Crippen LogP contribution >= 0.6 is 0 Å². The number of nitrogens with zero attached hydrogens (tertiary/aromatic N) is 5. The molecule has 0 aliphatic carbocycles. The number of benzene rings is 1. The fourth-order valence-electron chi connectivity index (χ4n) is 4.66. The number of aryl methyl sites for hydroxylation is 2. The van der Waals surface area contributed by atoms with Crippen LogP contribution in [-0.4, -0.2) is 76.7 Å². The third-order valence-electron chi connectivity index (χ3n) is 6.30. The highest BCUT2D eigenvalue weighted by atomic mass is 32.2. The van der Waals surface area contributed by atoms with Crippen LogP contribution < -0.4 is 0 Å². The third kappa shape index (κ3) is 5.19. The molecule has 0 saturated carbocycles. The second-order valence-corrected chi connectivity index (χ2v) is 10.8. The van der Waals surface area contributed by atoms with Crippen molar-refractivity contribution in [2.24, 2.45) is 0 Å². The molecule has 0 N–H and O–H groups in total. The Morgan fingerprint density at radius 3 is 2.57 bits per heavy atom. The summed E-state index contributed by atoms with van der Waals surface area (Å²) in [4.78, 5) is 41.1. The molecular weight excluding hydrogens is 494 g/mol. The summed E-state index contributed by atoms with van der Waals surface area (Å²) in [5.74, 6) is -0.689. The zero-order valence-electron chi connectivity index (χ0n) is 21.5. The molecule has 1 amide bonds. The lowest BCUT2D eigenvalue weighted by Gasteiger charge is -2.39. The number of carbonyl (C=O) groups is 2. The van der Waals surface area contributed by atoms with Gasteiger partial charge in [0.15, 0.2) is 0 Å². The number of pyridine rings is 1. The summed E-state index contributed by atoms with van der Waals surface area (Å²) in [6.45, 7) is 7.63. The molecule has 1 atom stereocenters. The monoisotopic (exact) mass is 525 g/mol. The molecule has 1 unspecified atom stereocenters. The molecule has 0 bridgehead atoms. The van der Waals surface area contributed by atoms with Gasteiger partial charge in [-0.2, -0.15) is 4.31 Å². The van der Waals surface area contributed by atoms with Crippen molar-refractivity contribution in [2.45, 2.75) is 51.5 Å².